The summed E-state index contributed by atoms with van der Waals surface area (Å²) in [5.74, 6) is 0.186. The lowest BCUT2D eigenvalue weighted by molar-refractivity contribution is 0.271. The van der Waals surface area contributed by atoms with E-state index in [1.807, 2.05) is 30.3 Å². The van der Waals surface area contributed by atoms with Crippen LogP contribution < -0.4 is 0 Å². The normalized spacial score (nSPS) is 11.7. The van der Waals surface area contributed by atoms with Gasteiger partial charge >= 0.3 is 0 Å². The van der Waals surface area contributed by atoms with Gasteiger partial charge in [-0.2, -0.15) is 0 Å². The van der Waals surface area contributed by atoms with Gasteiger partial charge in [-0.3, -0.25) is 0 Å². The summed E-state index contributed by atoms with van der Waals surface area (Å²) in [7, 11) is -2.14. The smallest absolute Gasteiger partial charge is 0.228 e. The molecule has 2 aromatic heterocycles. The van der Waals surface area contributed by atoms with Gasteiger partial charge in [0.15, 0.2) is 5.76 Å². The van der Waals surface area contributed by atoms with Crippen molar-refractivity contribution in [3.05, 3.63) is 54.0 Å². The van der Waals surface area contributed by atoms with Gasteiger partial charge in [-0.15, -0.1) is 0 Å². The van der Waals surface area contributed by atoms with Crippen LogP contribution in [0.5, 0.6) is 0 Å². The fourth-order valence-corrected chi connectivity index (χ4v) is 3.64. The highest BCUT2D eigenvalue weighted by Crippen LogP contribution is 2.22. The molecule has 0 amide bonds. The number of imidazole rings is 1. The Morgan fingerprint density at radius 3 is 2.65 bits per heavy atom. The molecule has 0 radical (unpaired) electrons. The molecule has 8 heteroatoms. The quantitative estimate of drug-likeness (QED) is 0.760. The Balaban J connectivity index is 1.87. The van der Waals surface area contributed by atoms with Gasteiger partial charge < -0.3 is 14.2 Å². The Morgan fingerprint density at radius 1 is 1.26 bits per heavy atom. The van der Waals surface area contributed by atoms with E-state index in [0.717, 1.165) is 5.56 Å². The van der Waals surface area contributed by atoms with Crippen molar-refractivity contribution in [2.24, 2.45) is 7.05 Å². The highest BCUT2D eigenvalue weighted by Gasteiger charge is 2.24. The minimum Gasteiger partial charge on any atom is -0.390 e. The molecule has 2 heterocycles. The molecular weight excluding hydrogens is 318 g/mol. The van der Waals surface area contributed by atoms with Crippen LogP contribution in [0, 0.1) is 0 Å². The van der Waals surface area contributed by atoms with Crippen molar-refractivity contribution < 1.29 is 18.0 Å². The lowest BCUT2D eigenvalue weighted by atomic mass is 10.2. The summed E-state index contributed by atoms with van der Waals surface area (Å²) in [4.78, 5) is 3.88. The number of nitrogens with zero attached hydrogens (tertiary/aromatic N) is 3. The third-order valence-corrected chi connectivity index (χ3v) is 5.05. The molecule has 0 unspecified atom stereocenters. The molecule has 0 aliphatic carbocycles. The van der Waals surface area contributed by atoms with Crippen molar-refractivity contribution in [3.8, 4) is 11.3 Å². The van der Waals surface area contributed by atoms with Gasteiger partial charge in [-0.1, -0.05) is 35.5 Å². The molecule has 0 saturated carbocycles. The molecule has 0 fully saturated rings. The summed E-state index contributed by atoms with van der Waals surface area (Å²) in [6.07, 6.45) is 1.34. The zero-order valence-electron chi connectivity index (χ0n) is 12.4. The Kier molecular flexibility index (Phi) is 4.01. The SMILES string of the molecule is Cn1c(CO)cnc1S(=O)(=O)Cc1cc(-c2ccccc2)on1. The third kappa shape index (κ3) is 3.03. The standard InChI is InChI=1S/C15H15N3O4S/c1-18-13(9-19)8-16-15(18)23(20,21)10-12-7-14(22-17-12)11-5-3-2-4-6-11/h2-8,19H,9-10H2,1H3. The molecule has 0 bridgehead atoms. The average molecular weight is 333 g/mol. The van der Waals surface area contributed by atoms with Crippen LogP contribution in [-0.4, -0.2) is 28.2 Å². The third-order valence-electron chi connectivity index (χ3n) is 3.44. The molecule has 0 saturated heterocycles. The van der Waals surface area contributed by atoms with Crippen LogP contribution in [0.4, 0.5) is 0 Å². The zero-order valence-corrected chi connectivity index (χ0v) is 13.2. The summed E-state index contributed by atoms with van der Waals surface area (Å²) in [5.41, 5.74) is 1.55. The number of aromatic nitrogens is 3. The fourth-order valence-electron chi connectivity index (χ4n) is 2.24. The maximum absolute atomic E-state index is 12.5. The number of rotatable bonds is 5. The number of benzene rings is 1. The molecule has 3 rings (SSSR count). The van der Waals surface area contributed by atoms with Gasteiger partial charge in [0.25, 0.3) is 0 Å². The Bertz CT molecular complexity index is 913. The van der Waals surface area contributed by atoms with Crippen molar-refractivity contribution in [1.29, 1.82) is 0 Å². The molecule has 120 valence electrons. The van der Waals surface area contributed by atoms with Crippen molar-refractivity contribution in [2.45, 2.75) is 17.5 Å². The second-order valence-electron chi connectivity index (χ2n) is 5.06. The molecule has 0 spiro atoms. The Labute approximate surface area is 133 Å². The Hall–Kier alpha value is -2.45. The van der Waals surface area contributed by atoms with Crippen molar-refractivity contribution >= 4 is 9.84 Å². The molecule has 7 nitrogen and oxygen atoms in total. The van der Waals surface area contributed by atoms with E-state index in [2.05, 4.69) is 10.1 Å². The maximum atomic E-state index is 12.5. The summed E-state index contributed by atoms with van der Waals surface area (Å²) in [6.45, 7) is -0.277. The van der Waals surface area contributed by atoms with Gasteiger partial charge in [-0.05, 0) is 0 Å². The highest BCUT2D eigenvalue weighted by atomic mass is 32.2. The molecule has 23 heavy (non-hydrogen) atoms. The van der Waals surface area contributed by atoms with E-state index in [-0.39, 0.29) is 17.5 Å². The van der Waals surface area contributed by atoms with E-state index in [0.29, 0.717) is 17.1 Å². The lowest BCUT2D eigenvalue weighted by Gasteiger charge is -2.04. The van der Waals surface area contributed by atoms with Crippen molar-refractivity contribution in [2.75, 3.05) is 0 Å². The molecule has 1 N–H and O–H groups in total. The molecule has 0 atom stereocenters. The zero-order chi connectivity index (χ0) is 16.4. The van der Waals surface area contributed by atoms with Crippen LogP contribution in [0.25, 0.3) is 11.3 Å². The van der Waals surface area contributed by atoms with Crippen LogP contribution in [0.15, 0.2) is 52.3 Å². The summed E-state index contributed by atoms with van der Waals surface area (Å²) >= 11 is 0. The molecule has 0 aliphatic rings. The first-order valence-electron chi connectivity index (χ1n) is 6.86. The van der Waals surface area contributed by atoms with Crippen molar-refractivity contribution in [1.82, 2.24) is 14.7 Å². The van der Waals surface area contributed by atoms with Crippen molar-refractivity contribution in [3.63, 3.8) is 0 Å². The first kappa shape index (κ1) is 15.4. The number of sulfone groups is 1. The summed E-state index contributed by atoms with van der Waals surface area (Å²) in [5, 5.41) is 12.8. The molecule has 0 aliphatic heterocycles. The minimum absolute atomic E-state index is 0.106. The van der Waals surface area contributed by atoms with E-state index in [1.54, 1.807) is 13.1 Å². The maximum Gasteiger partial charge on any atom is 0.228 e. The Morgan fingerprint density at radius 2 is 2.00 bits per heavy atom. The minimum atomic E-state index is -3.68. The topological polar surface area (TPSA) is 98.2 Å². The van der Waals surface area contributed by atoms with Crippen LogP contribution >= 0.6 is 0 Å². The van der Waals surface area contributed by atoms with Gasteiger partial charge in [0.1, 0.15) is 5.75 Å². The van der Waals surface area contributed by atoms with E-state index < -0.39 is 9.84 Å². The largest absolute Gasteiger partial charge is 0.390 e. The fraction of sp³-hybridized carbons (Fsp3) is 0.200. The average Bonchev–Trinajstić information content (AvgIpc) is 3.14. The highest BCUT2D eigenvalue weighted by molar-refractivity contribution is 7.90. The first-order chi connectivity index (χ1) is 11.0. The van der Waals surface area contributed by atoms with Gasteiger partial charge in [-0.25, -0.2) is 13.4 Å². The van der Waals surface area contributed by atoms with Gasteiger partial charge in [0.05, 0.1) is 24.2 Å². The second-order valence-corrected chi connectivity index (χ2v) is 6.94. The van der Waals surface area contributed by atoms with Gasteiger partial charge in [0.2, 0.25) is 15.0 Å². The number of aliphatic hydroxyl groups is 1. The molecule has 3 aromatic rings. The van der Waals surface area contributed by atoms with Crippen LogP contribution in [0.2, 0.25) is 0 Å². The van der Waals surface area contributed by atoms with Crippen LogP contribution in [-0.2, 0) is 29.2 Å². The molecule has 1 aromatic carbocycles. The van der Waals surface area contributed by atoms with E-state index in [9.17, 15) is 8.42 Å². The van der Waals surface area contributed by atoms with E-state index >= 15 is 0 Å². The number of hydrogen-bond donors (Lipinski definition) is 1. The predicted molar refractivity (Wildman–Crippen MR) is 82.0 cm³/mol. The van der Waals surface area contributed by atoms with E-state index in [4.69, 9.17) is 9.63 Å². The number of hydrogen-bond acceptors (Lipinski definition) is 6. The first-order valence-corrected chi connectivity index (χ1v) is 8.51. The monoisotopic (exact) mass is 333 g/mol. The molecular formula is C15H15N3O4S. The summed E-state index contributed by atoms with van der Waals surface area (Å²) in [6, 6.07) is 10.9. The lowest BCUT2D eigenvalue weighted by Crippen LogP contribution is -2.12. The van der Waals surface area contributed by atoms with Gasteiger partial charge in [0, 0.05) is 18.7 Å². The van der Waals surface area contributed by atoms with Crippen LogP contribution in [0.3, 0.4) is 0 Å². The second kappa shape index (κ2) is 5.98. The predicted octanol–water partition coefficient (Wildman–Crippen LogP) is 1.54. The number of aliphatic hydroxyl groups excluding tert-OH is 1. The van der Waals surface area contributed by atoms with E-state index in [1.165, 1.54) is 10.8 Å². The summed E-state index contributed by atoms with van der Waals surface area (Å²) < 4.78 is 31.5. The van der Waals surface area contributed by atoms with Crippen LogP contribution in [0.1, 0.15) is 11.4 Å².